The maximum atomic E-state index is 14.0. The first kappa shape index (κ1) is 21.7. The highest BCUT2D eigenvalue weighted by atomic mass is 19.3. The molecule has 0 aromatic carbocycles. The topological polar surface area (TPSA) is 114 Å². The number of alkyl halides is 2. The molecule has 1 amide bonds. The summed E-state index contributed by atoms with van der Waals surface area (Å²) >= 11 is 0. The van der Waals surface area contributed by atoms with Crippen LogP contribution in [0.15, 0.2) is 12.4 Å². The van der Waals surface area contributed by atoms with E-state index in [1.165, 1.54) is 11.8 Å². The summed E-state index contributed by atoms with van der Waals surface area (Å²) in [4.78, 5) is 35.3. The number of nitrogen functional groups attached to an aromatic ring is 1. The molecule has 0 saturated carbocycles. The van der Waals surface area contributed by atoms with Gasteiger partial charge in [0.1, 0.15) is 5.82 Å². The molecule has 2 aromatic heterocycles. The smallest absolute Gasteiger partial charge is 0.245 e. The number of amides is 1. The van der Waals surface area contributed by atoms with Crippen molar-refractivity contribution in [3.05, 3.63) is 18.0 Å². The molecule has 0 unspecified atom stereocenters. The molecule has 2 atom stereocenters. The summed E-state index contributed by atoms with van der Waals surface area (Å²) in [7, 11) is 0. The number of aromatic nitrogens is 4. The number of nitrogens with two attached hydrogens (primary N) is 1. The van der Waals surface area contributed by atoms with E-state index >= 15 is 0 Å². The van der Waals surface area contributed by atoms with Crippen LogP contribution in [-0.2, 0) is 16.0 Å². The lowest BCUT2D eigenvalue weighted by Crippen LogP contribution is -2.43. The molecule has 2 saturated heterocycles. The number of halogens is 2. The molecule has 0 bridgehead atoms. The van der Waals surface area contributed by atoms with Crippen molar-refractivity contribution in [2.45, 2.75) is 25.8 Å². The van der Waals surface area contributed by atoms with Crippen molar-refractivity contribution in [3.8, 4) is 11.3 Å². The van der Waals surface area contributed by atoms with Crippen LogP contribution in [0.25, 0.3) is 11.3 Å². The zero-order chi connectivity index (χ0) is 23.1. The Labute approximate surface area is 189 Å². The van der Waals surface area contributed by atoms with E-state index < -0.39 is 18.4 Å². The van der Waals surface area contributed by atoms with E-state index in [1.54, 1.807) is 12.4 Å². The number of carbonyl (C=O) groups excluding carboxylic acids is 1. The second kappa shape index (κ2) is 8.65. The van der Waals surface area contributed by atoms with Gasteiger partial charge in [-0.1, -0.05) is 0 Å². The highest BCUT2D eigenvalue weighted by Gasteiger charge is 2.45. The summed E-state index contributed by atoms with van der Waals surface area (Å²) in [6.45, 7) is 4.64. The van der Waals surface area contributed by atoms with Crippen molar-refractivity contribution >= 4 is 23.6 Å². The molecule has 5 heterocycles. The number of rotatable bonds is 4. The maximum absolute atomic E-state index is 14.0. The molecule has 2 fully saturated rings. The molecule has 3 aliphatic heterocycles. The summed E-state index contributed by atoms with van der Waals surface area (Å²) in [5.74, 6) is 0.184. The number of carbonyl (C=O) groups is 1. The van der Waals surface area contributed by atoms with Gasteiger partial charge in [-0.25, -0.2) is 23.7 Å². The average molecular weight is 460 g/mol. The van der Waals surface area contributed by atoms with Gasteiger partial charge in [-0.2, -0.15) is 4.98 Å². The van der Waals surface area contributed by atoms with Gasteiger partial charge in [0, 0.05) is 63.2 Å². The summed E-state index contributed by atoms with van der Waals surface area (Å²) < 4.78 is 33.4. The quantitative estimate of drug-likeness (QED) is 0.709. The second-order valence-corrected chi connectivity index (χ2v) is 8.54. The number of nitrogens with zero attached hydrogens (tertiary/aromatic N) is 7. The zero-order valence-electron chi connectivity index (χ0n) is 18.3. The van der Waals surface area contributed by atoms with Gasteiger partial charge in [0.05, 0.1) is 30.9 Å². The van der Waals surface area contributed by atoms with Gasteiger partial charge >= 0.3 is 0 Å². The van der Waals surface area contributed by atoms with E-state index in [4.69, 9.17) is 20.4 Å². The van der Waals surface area contributed by atoms with Gasteiger partial charge < -0.3 is 25.2 Å². The summed E-state index contributed by atoms with van der Waals surface area (Å²) in [5, 5.41) is 0. The number of hydrogen-bond acceptors (Lipinski definition) is 9. The Balaban J connectivity index is 1.58. The molecule has 2 N–H and O–H groups in total. The van der Waals surface area contributed by atoms with E-state index in [0.29, 0.717) is 62.3 Å². The molecule has 5 rings (SSSR count). The average Bonchev–Trinajstić information content (AvgIpc) is 3.44. The van der Waals surface area contributed by atoms with E-state index in [0.717, 1.165) is 5.56 Å². The van der Waals surface area contributed by atoms with Crippen molar-refractivity contribution in [1.82, 2.24) is 24.8 Å². The van der Waals surface area contributed by atoms with E-state index in [-0.39, 0.29) is 24.9 Å². The minimum atomic E-state index is -2.53. The van der Waals surface area contributed by atoms with E-state index in [9.17, 15) is 13.6 Å². The number of fused-ring (bicyclic) bond motifs is 1. The molecular formula is C21H26F2N8O2. The molecule has 176 valence electrons. The van der Waals surface area contributed by atoms with Crippen molar-refractivity contribution in [2.75, 3.05) is 61.5 Å². The van der Waals surface area contributed by atoms with Crippen LogP contribution < -0.4 is 15.5 Å². The van der Waals surface area contributed by atoms with Crippen LogP contribution in [-0.4, -0.2) is 89.1 Å². The SMILES string of the molecule is CC(=O)N1C[C@H](C(F)F)[C@H](N2CCc3c(-c4cnc(N)nc4)nc(N4CCOCC4)nc32)C1. The lowest BCUT2D eigenvalue weighted by molar-refractivity contribution is -0.128. The van der Waals surface area contributed by atoms with Crippen LogP contribution in [0.2, 0.25) is 0 Å². The maximum Gasteiger partial charge on any atom is 0.245 e. The van der Waals surface area contributed by atoms with Crippen LogP contribution in [0.5, 0.6) is 0 Å². The second-order valence-electron chi connectivity index (χ2n) is 8.54. The van der Waals surface area contributed by atoms with Crippen molar-refractivity contribution in [2.24, 2.45) is 5.92 Å². The Morgan fingerprint density at radius 2 is 1.88 bits per heavy atom. The third kappa shape index (κ3) is 4.03. The number of hydrogen-bond donors (Lipinski definition) is 1. The molecule has 33 heavy (non-hydrogen) atoms. The molecular weight excluding hydrogens is 434 g/mol. The Bertz CT molecular complexity index is 1030. The fourth-order valence-corrected chi connectivity index (χ4v) is 4.84. The van der Waals surface area contributed by atoms with Gasteiger partial charge in [-0.15, -0.1) is 0 Å². The Morgan fingerprint density at radius 3 is 2.55 bits per heavy atom. The van der Waals surface area contributed by atoms with Crippen molar-refractivity contribution in [3.63, 3.8) is 0 Å². The number of anilines is 3. The number of likely N-dealkylation sites (tertiary alicyclic amines) is 1. The molecule has 0 aliphatic carbocycles. The predicted octanol–water partition coefficient (Wildman–Crippen LogP) is 0.827. The molecule has 0 spiro atoms. The van der Waals surface area contributed by atoms with Gasteiger partial charge in [-0.05, 0) is 6.42 Å². The van der Waals surface area contributed by atoms with Crippen LogP contribution >= 0.6 is 0 Å². The highest BCUT2D eigenvalue weighted by Crippen LogP contribution is 2.39. The van der Waals surface area contributed by atoms with Crippen molar-refractivity contribution in [1.29, 1.82) is 0 Å². The Hall–Kier alpha value is -3.15. The van der Waals surface area contributed by atoms with Crippen molar-refractivity contribution < 1.29 is 18.3 Å². The first-order chi connectivity index (χ1) is 15.9. The Kier molecular flexibility index (Phi) is 5.69. The molecule has 2 aromatic rings. The molecule has 12 heteroatoms. The summed E-state index contributed by atoms with van der Waals surface area (Å²) in [6, 6.07) is -0.516. The lowest BCUT2D eigenvalue weighted by Gasteiger charge is -2.31. The zero-order valence-corrected chi connectivity index (χ0v) is 18.3. The lowest BCUT2D eigenvalue weighted by atomic mass is 10.0. The first-order valence-electron chi connectivity index (χ1n) is 11.0. The highest BCUT2D eigenvalue weighted by molar-refractivity contribution is 5.75. The van der Waals surface area contributed by atoms with Gasteiger partial charge in [0.2, 0.25) is 24.2 Å². The minimum Gasteiger partial charge on any atom is -0.378 e. The number of morpholine rings is 1. The standard InChI is InChI=1S/C21H26F2N8O2/c1-12(32)30-10-15(18(22)23)16(11-30)31-3-2-14-17(13-8-25-20(24)26-9-13)27-21(28-19(14)31)29-4-6-33-7-5-29/h8-9,15-16,18H,2-7,10-11H2,1H3,(H2,24,25,26)/t15-,16+/m0/s1. The molecule has 0 radical (unpaired) electrons. The van der Waals surface area contributed by atoms with Gasteiger partial charge in [0.15, 0.2) is 0 Å². The molecule has 10 nitrogen and oxygen atoms in total. The monoisotopic (exact) mass is 460 g/mol. The van der Waals surface area contributed by atoms with E-state index in [2.05, 4.69) is 9.97 Å². The minimum absolute atomic E-state index is 0.0452. The van der Waals surface area contributed by atoms with E-state index in [1.807, 2.05) is 9.80 Å². The first-order valence-corrected chi connectivity index (χ1v) is 11.0. The molecule has 3 aliphatic rings. The van der Waals surface area contributed by atoms with Crippen LogP contribution in [0.4, 0.5) is 26.5 Å². The summed E-state index contributed by atoms with van der Waals surface area (Å²) in [6.07, 6.45) is 1.30. The van der Waals surface area contributed by atoms with Gasteiger partial charge in [0.25, 0.3) is 0 Å². The van der Waals surface area contributed by atoms with Gasteiger partial charge in [-0.3, -0.25) is 4.79 Å². The number of ether oxygens (including phenoxy) is 1. The summed E-state index contributed by atoms with van der Waals surface area (Å²) in [5.41, 5.74) is 7.91. The third-order valence-corrected chi connectivity index (χ3v) is 6.59. The fraction of sp³-hybridized carbons (Fsp3) is 0.571. The largest absolute Gasteiger partial charge is 0.378 e. The van der Waals surface area contributed by atoms with Crippen LogP contribution in [0.1, 0.15) is 12.5 Å². The fourth-order valence-electron chi connectivity index (χ4n) is 4.84. The predicted molar refractivity (Wildman–Crippen MR) is 117 cm³/mol. The third-order valence-electron chi connectivity index (χ3n) is 6.59. The van der Waals surface area contributed by atoms with Crippen LogP contribution in [0, 0.1) is 5.92 Å². The normalized spacial score (nSPS) is 22.8. The van der Waals surface area contributed by atoms with Crippen LogP contribution in [0.3, 0.4) is 0 Å². The Morgan fingerprint density at radius 1 is 1.15 bits per heavy atom.